The lowest BCUT2D eigenvalue weighted by Crippen LogP contribution is -1.91. The number of aromatic nitrogens is 1. The summed E-state index contributed by atoms with van der Waals surface area (Å²) in [6.45, 7) is 0. The summed E-state index contributed by atoms with van der Waals surface area (Å²) >= 11 is 0. The molecule has 1 aromatic carbocycles. The molecule has 0 fully saturated rings. The van der Waals surface area contributed by atoms with Crippen molar-refractivity contribution in [2.24, 2.45) is 0 Å². The van der Waals surface area contributed by atoms with Crippen molar-refractivity contribution in [1.82, 2.24) is 4.98 Å². The van der Waals surface area contributed by atoms with Crippen LogP contribution in [0.5, 0.6) is 0 Å². The van der Waals surface area contributed by atoms with Gasteiger partial charge >= 0.3 is 0 Å². The molecule has 16 heavy (non-hydrogen) atoms. The highest BCUT2D eigenvalue weighted by atomic mass is 19.1. The van der Waals surface area contributed by atoms with Crippen LogP contribution < -0.4 is 0 Å². The normalized spacial score (nSPS) is 9.81. The Labute approximate surface area is 90.8 Å². The Morgan fingerprint density at radius 3 is 2.62 bits per heavy atom. The fourth-order valence-electron chi connectivity index (χ4n) is 1.39. The quantitative estimate of drug-likeness (QED) is 0.687. The van der Waals surface area contributed by atoms with Gasteiger partial charge in [0.05, 0.1) is 17.3 Å². The number of nitriles is 1. The van der Waals surface area contributed by atoms with Crippen molar-refractivity contribution in [3.63, 3.8) is 0 Å². The van der Waals surface area contributed by atoms with Gasteiger partial charge in [-0.05, 0) is 30.3 Å². The highest BCUT2D eigenvalue weighted by molar-refractivity contribution is 5.67. The third-order valence-corrected chi connectivity index (χ3v) is 2.09. The molecule has 1 aromatic heterocycles. The summed E-state index contributed by atoms with van der Waals surface area (Å²) in [5.74, 6) is -1.14. The van der Waals surface area contributed by atoms with Crippen LogP contribution in [0.4, 0.5) is 8.78 Å². The first-order valence-corrected chi connectivity index (χ1v) is 4.53. The number of halogens is 2. The number of rotatable bonds is 1. The average molecular weight is 216 g/mol. The van der Waals surface area contributed by atoms with E-state index >= 15 is 0 Å². The zero-order chi connectivity index (χ0) is 11.5. The van der Waals surface area contributed by atoms with Crippen LogP contribution in [-0.2, 0) is 0 Å². The summed E-state index contributed by atoms with van der Waals surface area (Å²) in [6, 6.07) is 9.84. The van der Waals surface area contributed by atoms with E-state index in [1.165, 1.54) is 24.3 Å². The average Bonchev–Trinajstić information content (AvgIpc) is 2.28. The first-order valence-electron chi connectivity index (χ1n) is 4.53. The Balaban J connectivity index is 2.61. The van der Waals surface area contributed by atoms with Crippen molar-refractivity contribution in [1.29, 1.82) is 5.26 Å². The van der Waals surface area contributed by atoms with Gasteiger partial charge in [0.25, 0.3) is 0 Å². The summed E-state index contributed by atoms with van der Waals surface area (Å²) < 4.78 is 25.8. The third kappa shape index (κ3) is 1.89. The summed E-state index contributed by atoms with van der Waals surface area (Å²) in [6.07, 6.45) is 0. The van der Waals surface area contributed by atoms with E-state index in [4.69, 9.17) is 5.26 Å². The molecule has 0 spiro atoms. The molecule has 0 unspecified atom stereocenters. The maximum Gasteiger partial charge on any atom is 0.213 e. The van der Waals surface area contributed by atoms with E-state index in [1.807, 2.05) is 6.07 Å². The Hall–Kier alpha value is -2.28. The van der Waals surface area contributed by atoms with Crippen LogP contribution in [0.2, 0.25) is 0 Å². The second kappa shape index (κ2) is 4.07. The lowest BCUT2D eigenvalue weighted by molar-refractivity contribution is 0.585. The van der Waals surface area contributed by atoms with Crippen molar-refractivity contribution in [2.75, 3.05) is 0 Å². The van der Waals surface area contributed by atoms with Gasteiger partial charge in [0.2, 0.25) is 5.95 Å². The van der Waals surface area contributed by atoms with Gasteiger partial charge in [-0.25, -0.2) is 9.37 Å². The van der Waals surface area contributed by atoms with Crippen LogP contribution in [0.1, 0.15) is 5.56 Å². The Morgan fingerprint density at radius 1 is 1.12 bits per heavy atom. The Kier molecular flexibility index (Phi) is 2.61. The van der Waals surface area contributed by atoms with Crippen molar-refractivity contribution >= 4 is 0 Å². The molecule has 1 heterocycles. The van der Waals surface area contributed by atoms with E-state index in [0.717, 1.165) is 6.07 Å². The number of benzene rings is 1. The highest BCUT2D eigenvalue weighted by Gasteiger charge is 2.07. The summed E-state index contributed by atoms with van der Waals surface area (Å²) in [4.78, 5) is 3.64. The third-order valence-electron chi connectivity index (χ3n) is 2.09. The molecule has 0 radical (unpaired) electrons. The van der Waals surface area contributed by atoms with Gasteiger partial charge in [-0.3, -0.25) is 0 Å². The van der Waals surface area contributed by atoms with Crippen molar-refractivity contribution in [2.45, 2.75) is 0 Å². The van der Waals surface area contributed by atoms with Crippen LogP contribution in [-0.4, -0.2) is 4.98 Å². The maximum atomic E-state index is 12.9. The zero-order valence-electron chi connectivity index (χ0n) is 8.11. The largest absolute Gasteiger partial charge is 0.220 e. The van der Waals surface area contributed by atoms with Gasteiger partial charge in [0.15, 0.2) is 0 Å². The molecule has 0 N–H and O–H groups in total. The molecular formula is C12H6F2N2. The Morgan fingerprint density at radius 2 is 1.94 bits per heavy atom. The number of nitrogens with zero attached hydrogens (tertiary/aromatic N) is 2. The molecule has 0 aliphatic rings. The van der Waals surface area contributed by atoms with Crippen molar-refractivity contribution in [3.05, 3.63) is 53.7 Å². The smallest absolute Gasteiger partial charge is 0.213 e. The van der Waals surface area contributed by atoms with Gasteiger partial charge < -0.3 is 0 Å². The molecule has 0 bridgehead atoms. The van der Waals surface area contributed by atoms with E-state index in [2.05, 4.69) is 4.98 Å². The monoisotopic (exact) mass is 216 g/mol. The molecule has 0 saturated heterocycles. The molecule has 78 valence electrons. The predicted molar refractivity (Wildman–Crippen MR) is 54.3 cm³/mol. The van der Waals surface area contributed by atoms with Crippen LogP contribution in [0.15, 0.2) is 36.4 Å². The van der Waals surface area contributed by atoms with E-state index < -0.39 is 11.8 Å². The van der Waals surface area contributed by atoms with E-state index in [9.17, 15) is 8.78 Å². The van der Waals surface area contributed by atoms with Gasteiger partial charge in [-0.1, -0.05) is 6.07 Å². The second-order valence-electron chi connectivity index (χ2n) is 3.15. The number of hydrogen-bond donors (Lipinski definition) is 0. The van der Waals surface area contributed by atoms with Crippen molar-refractivity contribution in [3.8, 4) is 17.3 Å². The molecule has 2 aromatic rings. The minimum absolute atomic E-state index is 0.137. The maximum absolute atomic E-state index is 12.9. The molecule has 4 heteroatoms. The van der Waals surface area contributed by atoms with Crippen LogP contribution in [0, 0.1) is 23.1 Å². The molecule has 0 amide bonds. The van der Waals surface area contributed by atoms with Crippen LogP contribution >= 0.6 is 0 Å². The van der Waals surface area contributed by atoms with E-state index in [-0.39, 0.29) is 5.56 Å². The standard InChI is InChI=1S/C12H6F2N2/c13-9-4-5-10(8(6-9)7-15)11-2-1-3-12(14)16-11/h1-6H. The summed E-state index contributed by atoms with van der Waals surface area (Å²) in [5.41, 5.74) is 0.873. The molecule has 0 saturated carbocycles. The fourth-order valence-corrected chi connectivity index (χ4v) is 1.39. The summed E-state index contributed by atoms with van der Waals surface area (Å²) in [7, 11) is 0. The Bertz CT molecular complexity index is 573. The number of hydrogen-bond acceptors (Lipinski definition) is 2. The topological polar surface area (TPSA) is 36.7 Å². The highest BCUT2D eigenvalue weighted by Crippen LogP contribution is 2.22. The van der Waals surface area contributed by atoms with Crippen molar-refractivity contribution < 1.29 is 8.78 Å². The molecule has 2 rings (SSSR count). The molecule has 0 aliphatic carbocycles. The second-order valence-corrected chi connectivity index (χ2v) is 3.15. The summed E-state index contributed by atoms with van der Waals surface area (Å²) in [5, 5.41) is 8.84. The first kappa shape index (κ1) is 10.2. The fraction of sp³-hybridized carbons (Fsp3) is 0. The molecular weight excluding hydrogens is 210 g/mol. The van der Waals surface area contributed by atoms with Gasteiger partial charge in [0, 0.05) is 5.56 Å². The lowest BCUT2D eigenvalue weighted by Gasteiger charge is -2.03. The zero-order valence-corrected chi connectivity index (χ0v) is 8.11. The number of pyridine rings is 1. The lowest BCUT2D eigenvalue weighted by atomic mass is 10.0. The first-order chi connectivity index (χ1) is 7.70. The molecule has 0 atom stereocenters. The van der Waals surface area contributed by atoms with Gasteiger partial charge in [0.1, 0.15) is 5.82 Å². The molecule has 2 nitrogen and oxygen atoms in total. The van der Waals surface area contributed by atoms with Crippen LogP contribution in [0.25, 0.3) is 11.3 Å². The minimum Gasteiger partial charge on any atom is -0.220 e. The SMILES string of the molecule is N#Cc1cc(F)ccc1-c1cccc(F)n1. The van der Waals surface area contributed by atoms with Crippen LogP contribution in [0.3, 0.4) is 0 Å². The van der Waals surface area contributed by atoms with Gasteiger partial charge in [-0.2, -0.15) is 9.65 Å². The van der Waals surface area contributed by atoms with E-state index in [1.54, 1.807) is 6.07 Å². The molecule has 0 aliphatic heterocycles. The van der Waals surface area contributed by atoms with E-state index in [0.29, 0.717) is 11.3 Å². The minimum atomic E-state index is -0.634. The van der Waals surface area contributed by atoms with Gasteiger partial charge in [-0.15, -0.1) is 0 Å². The predicted octanol–water partition coefficient (Wildman–Crippen LogP) is 2.90.